The van der Waals surface area contributed by atoms with Gasteiger partial charge in [0.1, 0.15) is 11.4 Å². The highest BCUT2D eigenvalue weighted by molar-refractivity contribution is 6.02. The van der Waals surface area contributed by atoms with Crippen molar-refractivity contribution >= 4 is 17.3 Å². The van der Waals surface area contributed by atoms with E-state index in [0.29, 0.717) is 17.9 Å². The fourth-order valence-electron chi connectivity index (χ4n) is 2.74. The van der Waals surface area contributed by atoms with Crippen LogP contribution in [-0.2, 0) is 6.54 Å². The van der Waals surface area contributed by atoms with Crippen LogP contribution in [0.4, 0.5) is 11.4 Å². The number of carbonyl (C=O) groups is 1. The number of ether oxygens (including phenoxy) is 1. The fourth-order valence-corrected chi connectivity index (χ4v) is 2.74. The zero-order valence-electron chi connectivity index (χ0n) is 16.4. The molecule has 2 aromatic carbocycles. The third kappa shape index (κ3) is 5.58. The van der Waals surface area contributed by atoms with Crippen LogP contribution in [0.25, 0.3) is 0 Å². The molecule has 2 N–H and O–H groups in total. The number of carbonyl (C=O) groups excluding carboxylic acids is 1. The van der Waals surface area contributed by atoms with E-state index in [0.717, 1.165) is 11.4 Å². The topological polar surface area (TPSA) is 63.2 Å². The molecule has 0 unspecified atom stereocenters. The molecule has 3 aromatic rings. The quantitative estimate of drug-likeness (QED) is 0.607. The van der Waals surface area contributed by atoms with Gasteiger partial charge in [-0.2, -0.15) is 0 Å². The summed E-state index contributed by atoms with van der Waals surface area (Å²) in [6, 6.07) is 19.2. The van der Waals surface area contributed by atoms with Crippen LogP contribution >= 0.6 is 0 Å². The molecule has 0 saturated heterocycles. The van der Waals surface area contributed by atoms with Crippen molar-refractivity contribution in [1.82, 2.24) is 4.98 Å². The van der Waals surface area contributed by atoms with Crippen molar-refractivity contribution in [2.24, 2.45) is 0 Å². The number of nitrogens with one attached hydrogen (secondary N) is 2. The van der Waals surface area contributed by atoms with E-state index in [2.05, 4.69) is 40.7 Å². The first-order valence-electron chi connectivity index (χ1n) is 9.33. The van der Waals surface area contributed by atoms with E-state index in [1.165, 1.54) is 11.1 Å². The Balaban J connectivity index is 1.56. The summed E-state index contributed by atoms with van der Waals surface area (Å²) in [4.78, 5) is 16.6. The number of pyridine rings is 1. The van der Waals surface area contributed by atoms with E-state index >= 15 is 0 Å². The summed E-state index contributed by atoms with van der Waals surface area (Å²) in [5.74, 6) is 0.526. The number of anilines is 2. The second kappa shape index (κ2) is 9.04. The number of aryl methyl sites for hydroxylation is 1. The highest BCUT2D eigenvalue weighted by atomic mass is 16.5. The van der Waals surface area contributed by atoms with E-state index in [1.54, 1.807) is 12.3 Å². The maximum atomic E-state index is 12.4. The van der Waals surface area contributed by atoms with Crippen LogP contribution in [0.15, 0.2) is 66.9 Å². The molecule has 5 nitrogen and oxygen atoms in total. The minimum atomic E-state index is -0.247. The first-order valence-corrected chi connectivity index (χ1v) is 9.33. The molecule has 0 bridgehead atoms. The van der Waals surface area contributed by atoms with Gasteiger partial charge in [0.2, 0.25) is 0 Å². The van der Waals surface area contributed by atoms with Crippen molar-refractivity contribution in [2.75, 3.05) is 10.6 Å². The monoisotopic (exact) mass is 375 g/mol. The molecule has 0 saturated carbocycles. The van der Waals surface area contributed by atoms with Crippen LogP contribution in [0.3, 0.4) is 0 Å². The van der Waals surface area contributed by atoms with Gasteiger partial charge in [-0.05, 0) is 62.7 Å². The Kier molecular flexibility index (Phi) is 6.27. The van der Waals surface area contributed by atoms with Crippen molar-refractivity contribution in [2.45, 2.75) is 33.4 Å². The lowest BCUT2D eigenvalue weighted by Crippen LogP contribution is -2.14. The van der Waals surface area contributed by atoms with Crippen LogP contribution in [-0.4, -0.2) is 17.0 Å². The molecule has 0 radical (unpaired) electrons. The van der Waals surface area contributed by atoms with Crippen LogP contribution in [0, 0.1) is 6.92 Å². The van der Waals surface area contributed by atoms with E-state index in [4.69, 9.17) is 4.74 Å². The lowest BCUT2D eigenvalue weighted by Gasteiger charge is -2.11. The Bertz CT molecular complexity index is 919. The van der Waals surface area contributed by atoms with Gasteiger partial charge < -0.3 is 15.4 Å². The Labute approximate surface area is 165 Å². The number of benzene rings is 2. The molecule has 1 amide bonds. The predicted molar refractivity (Wildman–Crippen MR) is 113 cm³/mol. The van der Waals surface area contributed by atoms with Crippen molar-refractivity contribution in [1.29, 1.82) is 0 Å². The van der Waals surface area contributed by atoms with Gasteiger partial charge in [0.25, 0.3) is 5.91 Å². The van der Waals surface area contributed by atoms with Gasteiger partial charge in [-0.3, -0.25) is 4.79 Å². The predicted octanol–water partition coefficient (Wildman–Crippen LogP) is 5.04. The Morgan fingerprint density at radius 3 is 2.43 bits per heavy atom. The molecule has 144 valence electrons. The Hall–Kier alpha value is -3.34. The van der Waals surface area contributed by atoms with Gasteiger partial charge in [0.05, 0.1) is 18.0 Å². The smallest absolute Gasteiger partial charge is 0.274 e. The molecule has 1 aromatic heterocycles. The molecule has 0 aliphatic heterocycles. The van der Waals surface area contributed by atoms with Gasteiger partial charge in [0.15, 0.2) is 0 Å². The largest absolute Gasteiger partial charge is 0.491 e. The number of rotatable bonds is 7. The van der Waals surface area contributed by atoms with Gasteiger partial charge in [-0.25, -0.2) is 4.98 Å². The summed E-state index contributed by atoms with van der Waals surface area (Å²) in [5, 5.41) is 6.16. The standard InChI is InChI=1S/C23H25N3O2/c1-16(2)28-21-10-7-19(8-11-21)26-23(27)22-12-9-20(15-25-22)24-14-18-6-4-5-17(3)13-18/h4-13,15-16,24H,14H2,1-3H3,(H,26,27). The average Bonchev–Trinajstić information content (AvgIpc) is 2.68. The summed E-state index contributed by atoms with van der Waals surface area (Å²) in [6.07, 6.45) is 1.78. The zero-order chi connectivity index (χ0) is 19.9. The van der Waals surface area contributed by atoms with Crippen molar-refractivity contribution in [3.63, 3.8) is 0 Å². The first-order chi connectivity index (χ1) is 13.5. The highest BCUT2D eigenvalue weighted by Crippen LogP contribution is 2.18. The SMILES string of the molecule is Cc1cccc(CNc2ccc(C(=O)Nc3ccc(OC(C)C)cc3)nc2)c1. The number of hydrogen-bond donors (Lipinski definition) is 2. The minimum absolute atomic E-state index is 0.114. The second-order valence-corrected chi connectivity index (χ2v) is 6.92. The lowest BCUT2D eigenvalue weighted by molar-refractivity contribution is 0.102. The molecule has 28 heavy (non-hydrogen) atoms. The van der Waals surface area contributed by atoms with Crippen LogP contribution in [0.1, 0.15) is 35.5 Å². The van der Waals surface area contributed by atoms with Crippen molar-refractivity contribution in [3.05, 3.63) is 83.7 Å². The lowest BCUT2D eigenvalue weighted by atomic mass is 10.1. The zero-order valence-corrected chi connectivity index (χ0v) is 16.4. The van der Waals surface area contributed by atoms with Crippen molar-refractivity contribution < 1.29 is 9.53 Å². The van der Waals surface area contributed by atoms with E-state index in [1.807, 2.05) is 50.2 Å². The highest BCUT2D eigenvalue weighted by Gasteiger charge is 2.08. The van der Waals surface area contributed by atoms with Crippen LogP contribution in [0.2, 0.25) is 0 Å². The first kappa shape index (κ1) is 19.4. The van der Waals surface area contributed by atoms with Gasteiger partial charge in [-0.1, -0.05) is 29.8 Å². The normalized spacial score (nSPS) is 10.6. The minimum Gasteiger partial charge on any atom is -0.491 e. The third-order valence-corrected chi connectivity index (χ3v) is 4.06. The molecular weight excluding hydrogens is 350 g/mol. The van der Waals surface area contributed by atoms with Gasteiger partial charge >= 0.3 is 0 Å². The summed E-state index contributed by atoms with van der Waals surface area (Å²) < 4.78 is 5.60. The number of aromatic nitrogens is 1. The summed E-state index contributed by atoms with van der Waals surface area (Å²) in [5.41, 5.74) is 4.36. The molecule has 0 aliphatic carbocycles. The molecular formula is C23H25N3O2. The maximum Gasteiger partial charge on any atom is 0.274 e. The van der Waals surface area contributed by atoms with Gasteiger partial charge in [0, 0.05) is 12.2 Å². The number of amides is 1. The molecule has 0 fully saturated rings. The Morgan fingerprint density at radius 2 is 1.79 bits per heavy atom. The molecule has 0 atom stereocenters. The van der Waals surface area contributed by atoms with E-state index < -0.39 is 0 Å². The van der Waals surface area contributed by atoms with Crippen LogP contribution < -0.4 is 15.4 Å². The number of nitrogens with zero attached hydrogens (tertiary/aromatic N) is 1. The van der Waals surface area contributed by atoms with Crippen LogP contribution in [0.5, 0.6) is 5.75 Å². The summed E-state index contributed by atoms with van der Waals surface area (Å²) in [6.45, 7) is 6.73. The average molecular weight is 375 g/mol. The number of hydrogen-bond acceptors (Lipinski definition) is 4. The molecule has 5 heteroatoms. The molecule has 3 rings (SSSR count). The summed E-state index contributed by atoms with van der Waals surface area (Å²) in [7, 11) is 0. The fraction of sp³-hybridized carbons (Fsp3) is 0.217. The maximum absolute atomic E-state index is 12.4. The Morgan fingerprint density at radius 1 is 1.04 bits per heavy atom. The molecule has 0 spiro atoms. The van der Waals surface area contributed by atoms with E-state index in [-0.39, 0.29) is 12.0 Å². The third-order valence-electron chi connectivity index (χ3n) is 4.06. The molecule has 0 aliphatic rings. The summed E-state index contributed by atoms with van der Waals surface area (Å²) >= 11 is 0. The second-order valence-electron chi connectivity index (χ2n) is 6.92. The molecule has 1 heterocycles. The van der Waals surface area contributed by atoms with Crippen molar-refractivity contribution in [3.8, 4) is 5.75 Å². The van der Waals surface area contributed by atoms with E-state index in [9.17, 15) is 4.79 Å². The van der Waals surface area contributed by atoms with Gasteiger partial charge in [-0.15, -0.1) is 0 Å².